The molecule has 0 saturated heterocycles. The van der Waals surface area contributed by atoms with Crippen LogP contribution in [0.4, 0.5) is 0 Å². The van der Waals surface area contributed by atoms with E-state index in [4.69, 9.17) is 4.84 Å². The van der Waals surface area contributed by atoms with Crippen molar-refractivity contribution >= 4 is 11.5 Å². The lowest BCUT2D eigenvalue weighted by Gasteiger charge is -2.20. The molecule has 0 aliphatic heterocycles. The maximum absolute atomic E-state index is 12.3. The van der Waals surface area contributed by atoms with Crippen LogP contribution < -0.4 is 5.48 Å². The third kappa shape index (κ3) is 3.13. The summed E-state index contributed by atoms with van der Waals surface area (Å²) in [6, 6.07) is 0. The van der Waals surface area contributed by atoms with Crippen molar-refractivity contribution in [3.05, 3.63) is 18.4 Å². The zero-order chi connectivity index (χ0) is 13.1. The van der Waals surface area contributed by atoms with E-state index >= 15 is 0 Å². The molecule has 6 nitrogen and oxygen atoms in total. The molecule has 0 unspecified atom stereocenters. The fraction of sp³-hybridized carbons (Fsp3) is 0.545. The van der Waals surface area contributed by atoms with Crippen molar-refractivity contribution in [2.24, 2.45) is 5.41 Å². The van der Waals surface area contributed by atoms with Crippen LogP contribution >= 0.6 is 0 Å². The van der Waals surface area contributed by atoms with Crippen molar-refractivity contribution < 1.29 is 9.63 Å². The number of nitrogens with zero attached hydrogens (tertiary/aromatic N) is 3. The standard InChI is InChI=1S/C11H18N4O2/c1-8(14-17-5)9(10(16)11(2,3)4)15-7-12-6-13-15/h6-7,14H,1-5H3. The minimum Gasteiger partial charge on any atom is -0.292 e. The molecule has 1 N–H and O–H groups in total. The van der Waals surface area contributed by atoms with Crippen LogP contribution in [0.3, 0.4) is 0 Å². The van der Waals surface area contributed by atoms with E-state index in [1.807, 2.05) is 20.8 Å². The second kappa shape index (κ2) is 5.09. The van der Waals surface area contributed by atoms with E-state index in [0.717, 1.165) is 0 Å². The summed E-state index contributed by atoms with van der Waals surface area (Å²) < 4.78 is 1.44. The lowest BCUT2D eigenvalue weighted by molar-refractivity contribution is -0.121. The summed E-state index contributed by atoms with van der Waals surface area (Å²) in [5, 5.41) is 3.99. The lowest BCUT2D eigenvalue weighted by Crippen LogP contribution is -2.27. The molecule has 0 spiro atoms. The highest BCUT2D eigenvalue weighted by molar-refractivity contribution is 6.17. The fourth-order valence-electron chi connectivity index (χ4n) is 1.33. The summed E-state index contributed by atoms with van der Waals surface area (Å²) >= 11 is 0. The van der Waals surface area contributed by atoms with Crippen LogP contribution in [0.15, 0.2) is 18.4 Å². The predicted molar refractivity (Wildman–Crippen MR) is 63.5 cm³/mol. The van der Waals surface area contributed by atoms with Crippen molar-refractivity contribution in [2.75, 3.05) is 7.11 Å². The van der Waals surface area contributed by atoms with Crippen molar-refractivity contribution in [1.29, 1.82) is 0 Å². The average Bonchev–Trinajstić information content (AvgIpc) is 2.70. The highest BCUT2D eigenvalue weighted by Crippen LogP contribution is 2.23. The molecule has 1 heterocycles. The number of aromatic nitrogens is 3. The van der Waals surface area contributed by atoms with E-state index in [1.165, 1.54) is 24.4 Å². The second-order valence-electron chi connectivity index (χ2n) is 4.70. The molecule has 0 radical (unpaired) electrons. The molecule has 0 aliphatic rings. The second-order valence-corrected chi connectivity index (χ2v) is 4.70. The molecule has 0 aliphatic carbocycles. The summed E-state index contributed by atoms with van der Waals surface area (Å²) in [6.45, 7) is 7.31. The minimum absolute atomic E-state index is 0.0370. The van der Waals surface area contributed by atoms with Gasteiger partial charge in [-0.05, 0) is 6.92 Å². The molecule has 1 rings (SSSR count). The molecule has 6 heteroatoms. The van der Waals surface area contributed by atoms with Gasteiger partial charge in [-0.1, -0.05) is 20.8 Å². The molecule has 1 aromatic rings. The molecule has 94 valence electrons. The first-order valence-electron chi connectivity index (χ1n) is 5.27. The van der Waals surface area contributed by atoms with E-state index in [9.17, 15) is 4.79 Å². The summed E-state index contributed by atoms with van der Waals surface area (Å²) in [5.41, 5.74) is 3.18. The van der Waals surface area contributed by atoms with Gasteiger partial charge >= 0.3 is 0 Å². The van der Waals surface area contributed by atoms with Crippen LogP contribution in [0.2, 0.25) is 0 Å². The lowest BCUT2D eigenvalue weighted by atomic mass is 9.88. The average molecular weight is 238 g/mol. The van der Waals surface area contributed by atoms with E-state index in [1.54, 1.807) is 6.92 Å². The van der Waals surface area contributed by atoms with Gasteiger partial charge in [-0.2, -0.15) is 5.10 Å². The monoisotopic (exact) mass is 238 g/mol. The Bertz CT molecular complexity index is 415. The minimum atomic E-state index is -0.502. The SMILES string of the molecule is CONC(C)=C(C(=O)C(C)(C)C)n1cncn1. The van der Waals surface area contributed by atoms with Crippen LogP contribution in [0.1, 0.15) is 27.7 Å². The van der Waals surface area contributed by atoms with Crippen LogP contribution in [0.5, 0.6) is 0 Å². The van der Waals surface area contributed by atoms with Crippen LogP contribution in [0, 0.1) is 5.41 Å². The van der Waals surface area contributed by atoms with Gasteiger partial charge in [0.1, 0.15) is 18.4 Å². The normalized spacial score (nSPS) is 13.2. The molecule has 0 atom stereocenters. The topological polar surface area (TPSA) is 69.0 Å². The first kappa shape index (κ1) is 13.4. The number of carbonyl (C=O) groups excluding carboxylic acids is 1. The summed E-state index contributed by atoms with van der Waals surface area (Å²) in [4.78, 5) is 21.0. The molecular weight excluding hydrogens is 220 g/mol. The van der Waals surface area contributed by atoms with Crippen molar-refractivity contribution in [1.82, 2.24) is 20.2 Å². The van der Waals surface area contributed by atoms with Crippen LogP contribution in [-0.2, 0) is 9.63 Å². The number of ketones is 1. The van der Waals surface area contributed by atoms with Gasteiger partial charge < -0.3 is 0 Å². The van der Waals surface area contributed by atoms with Gasteiger partial charge in [0.25, 0.3) is 0 Å². The van der Waals surface area contributed by atoms with Gasteiger partial charge in [0.15, 0.2) is 5.78 Å². The number of hydrogen-bond donors (Lipinski definition) is 1. The first-order valence-corrected chi connectivity index (χ1v) is 5.27. The summed E-state index contributed by atoms with van der Waals surface area (Å²) in [6.07, 6.45) is 2.87. The Morgan fingerprint density at radius 2 is 2.06 bits per heavy atom. The van der Waals surface area contributed by atoms with E-state index in [-0.39, 0.29) is 5.78 Å². The van der Waals surface area contributed by atoms with Gasteiger partial charge in [0.05, 0.1) is 12.8 Å². The van der Waals surface area contributed by atoms with Gasteiger partial charge in [-0.15, -0.1) is 0 Å². The Morgan fingerprint density at radius 3 is 2.47 bits per heavy atom. The Balaban J connectivity index is 3.22. The van der Waals surface area contributed by atoms with Gasteiger partial charge in [0.2, 0.25) is 0 Å². The van der Waals surface area contributed by atoms with Crippen molar-refractivity contribution in [3.63, 3.8) is 0 Å². The van der Waals surface area contributed by atoms with Crippen LogP contribution in [-0.4, -0.2) is 27.7 Å². The smallest absolute Gasteiger partial charge is 0.188 e. The van der Waals surface area contributed by atoms with Gasteiger partial charge in [-0.25, -0.2) is 9.67 Å². The number of allylic oxidation sites excluding steroid dienone is 2. The number of Topliss-reactive ketones (excluding diaryl/α,β-unsaturated/α-hetero) is 1. The largest absolute Gasteiger partial charge is 0.292 e. The Morgan fingerprint density at radius 1 is 1.41 bits per heavy atom. The molecule has 0 bridgehead atoms. The number of hydrogen-bond acceptors (Lipinski definition) is 5. The Hall–Kier alpha value is -1.69. The van der Waals surface area contributed by atoms with Gasteiger partial charge in [-0.3, -0.25) is 15.1 Å². The number of nitrogens with one attached hydrogen (secondary N) is 1. The number of rotatable bonds is 4. The predicted octanol–water partition coefficient (Wildman–Crippen LogP) is 1.23. The van der Waals surface area contributed by atoms with E-state index < -0.39 is 5.41 Å². The Kier molecular flexibility index (Phi) is 4.01. The van der Waals surface area contributed by atoms with E-state index in [0.29, 0.717) is 11.4 Å². The van der Waals surface area contributed by atoms with E-state index in [2.05, 4.69) is 15.6 Å². The number of carbonyl (C=O) groups is 1. The van der Waals surface area contributed by atoms with Crippen LogP contribution in [0.25, 0.3) is 5.70 Å². The number of hydroxylamine groups is 1. The third-order valence-electron chi connectivity index (χ3n) is 2.15. The zero-order valence-electron chi connectivity index (χ0n) is 10.8. The molecule has 0 saturated carbocycles. The quantitative estimate of drug-likeness (QED) is 0.631. The molecule has 1 aromatic heterocycles. The molecule has 17 heavy (non-hydrogen) atoms. The maximum atomic E-state index is 12.3. The molecular formula is C11H18N4O2. The summed E-state index contributed by atoms with van der Waals surface area (Å²) in [7, 11) is 1.49. The highest BCUT2D eigenvalue weighted by atomic mass is 16.6. The maximum Gasteiger partial charge on any atom is 0.188 e. The van der Waals surface area contributed by atoms with Crippen molar-refractivity contribution in [3.8, 4) is 0 Å². The molecule has 0 fully saturated rings. The van der Waals surface area contributed by atoms with Gasteiger partial charge in [0, 0.05) is 5.41 Å². The first-order chi connectivity index (χ1) is 7.88. The summed E-state index contributed by atoms with van der Waals surface area (Å²) in [5.74, 6) is -0.0370. The third-order valence-corrected chi connectivity index (χ3v) is 2.15. The molecule has 0 amide bonds. The zero-order valence-corrected chi connectivity index (χ0v) is 10.8. The molecule has 0 aromatic carbocycles. The Labute approximate surface area is 101 Å². The van der Waals surface area contributed by atoms with Crippen molar-refractivity contribution in [2.45, 2.75) is 27.7 Å². The fourth-order valence-corrected chi connectivity index (χ4v) is 1.33. The highest BCUT2D eigenvalue weighted by Gasteiger charge is 2.28.